The second-order valence-electron chi connectivity index (χ2n) is 6.10. The molecule has 1 heterocycles. The van der Waals surface area contributed by atoms with Crippen molar-refractivity contribution in [2.75, 3.05) is 0 Å². The van der Waals surface area contributed by atoms with Crippen LogP contribution in [0.25, 0.3) is 33.4 Å². The van der Waals surface area contributed by atoms with Gasteiger partial charge in [0.25, 0.3) is 0 Å². The van der Waals surface area contributed by atoms with E-state index in [0.29, 0.717) is 47.7 Å². The van der Waals surface area contributed by atoms with Gasteiger partial charge in [0.05, 0.1) is 16.3 Å². The van der Waals surface area contributed by atoms with Crippen LogP contribution >= 0.6 is 90.4 Å². The number of fused-ring (bicyclic) bond motifs is 2. The molecule has 0 unspecified atom stereocenters. The van der Waals surface area contributed by atoms with E-state index in [1.165, 1.54) is 0 Å². The third-order valence-electron chi connectivity index (χ3n) is 4.45. The first-order valence-corrected chi connectivity index (χ1v) is 12.3. The van der Waals surface area contributed by atoms with E-state index in [1.54, 1.807) is 36.4 Å². The number of carbonyl (C=O) groups is 1. The number of phenols is 1. The van der Waals surface area contributed by atoms with E-state index >= 15 is 0 Å². The minimum Gasteiger partial charge on any atom is -0.506 e. The van der Waals surface area contributed by atoms with Gasteiger partial charge in [-0.1, -0.05) is 18.2 Å². The zero-order chi connectivity index (χ0) is 21.0. The first kappa shape index (κ1) is 28.6. The smallest absolute Gasteiger partial charge is 0.336 e. The predicted molar refractivity (Wildman–Crippen MR) is 156 cm³/mol. The van der Waals surface area contributed by atoms with E-state index in [0.717, 1.165) is 0 Å². The Kier molecular flexibility index (Phi) is 10.5. The second kappa shape index (κ2) is 11.4. The van der Waals surface area contributed by atoms with E-state index in [4.69, 9.17) is 4.42 Å². The van der Waals surface area contributed by atoms with Crippen molar-refractivity contribution in [2.24, 2.45) is 0 Å². The molecule has 0 saturated carbocycles. The van der Waals surface area contributed by atoms with Crippen LogP contribution < -0.4 is 5.43 Å². The Balaban J connectivity index is 0.00000171. The molecule has 1 aliphatic carbocycles. The fourth-order valence-corrected chi connectivity index (χ4v) is 6.75. The van der Waals surface area contributed by atoms with Gasteiger partial charge in [-0.3, -0.25) is 4.79 Å². The van der Waals surface area contributed by atoms with Crippen molar-refractivity contribution >= 4 is 166 Å². The quantitative estimate of drug-likeness (QED) is 0.155. The normalized spacial score (nSPS) is 10.6. The minimum atomic E-state index is -1.05. The number of hydrogen-bond donors (Lipinski definition) is 2. The van der Waals surface area contributed by atoms with E-state index in [1.807, 2.05) is 90.4 Å². The molecule has 0 atom stereocenters. The zero-order valence-corrected chi connectivity index (χ0v) is 28.7. The summed E-state index contributed by atoms with van der Waals surface area (Å²) in [4.78, 5) is 24.4. The number of hydrogen-bond acceptors (Lipinski definition) is 4. The number of benzene rings is 3. The van der Waals surface area contributed by atoms with Crippen LogP contribution in [-0.2, 0) is 0 Å². The van der Waals surface area contributed by atoms with Crippen LogP contribution in [0.4, 0.5) is 0 Å². The average molecular weight is 882 g/mol. The number of carboxylic acids is 1. The Bertz CT molecular complexity index is 1370. The maximum Gasteiger partial charge on any atom is 0.336 e. The molecule has 0 spiro atoms. The molecular weight excluding hydrogens is 874 g/mol. The van der Waals surface area contributed by atoms with E-state index < -0.39 is 5.97 Å². The summed E-state index contributed by atoms with van der Waals surface area (Å²) in [6, 6.07) is 10.2. The Hall–Kier alpha value is 1.32. The summed E-state index contributed by atoms with van der Waals surface area (Å²) in [5.74, 6) is -0.588. The number of carboxylic acid groups (broad SMARTS) is 1. The molecule has 2 aromatic carbocycles. The van der Waals surface area contributed by atoms with Crippen molar-refractivity contribution in [1.29, 1.82) is 0 Å². The van der Waals surface area contributed by atoms with Crippen molar-refractivity contribution in [3.63, 3.8) is 0 Å². The molecule has 31 heavy (non-hydrogen) atoms. The summed E-state index contributed by atoms with van der Waals surface area (Å²) in [5, 5.41) is 20.8. The Morgan fingerprint density at radius 1 is 0.903 bits per heavy atom. The molecule has 4 rings (SSSR count). The summed E-state index contributed by atoms with van der Waals surface area (Å²) in [7, 11) is 0. The molecule has 1 aliphatic heterocycles. The summed E-state index contributed by atoms with van der Waals surface area (Å²) in [6.07, 6.45) is 0. The monoisotopic (exact) mass is 882 g/mol. The molecule has 0 bridgehead atoms. The van der Waals surface area contributed by atoms with Gasteiger partial charge in [-0.25, -0.2) is 4.79 Å². The molecule has 148 valence electrons. The predicted octanol–water partition coefficient (Wildman–Crippen LogP) is 5.63. The summed E-state index contributed by atoms with van der Waals surface area (Å²) in [6.45, 7) is 0. The molecule has 0 aromatic heterocycles. The van der Waals surface area contributed by atoms with E-state index in [2.05, 4.69) is 0 Å². The average Bonchev–Trinajstić information content (AvgIpc) is 2.69. The minimum absolute atomic E-state index is 0. The van der Waals surface area contributed by atoms with Crippen molar-refractivity contribution in [3.8, 4) is 28.2 Å². The van der Waals surface area contributed by atoms with E-state index in [9.17, 15) is 19.8 Å². The van der Waals surface area contributed by atoms with Gasteiger partial charge in [0, 0.05) is 75.6 Å². The van der Waals surface area contributed by atoms with Gasteiger partial charge in [-0.2, -0.15) is 0 Å². The van der Waals surface area contributed by atoms with Gasteiger partial charge >= 0.3 is 5.97 Å². The van der Waals surface area contributed by atoms with Crippen LogP contribution in [0.5, 0.6) is 5.75 Å². The third-order valence-corrected chi connectivity index (χ3v) is 8.05. The summed E-state index contributed by atoms with van der Waals surface area (Å²) < 4.78 is 8.16. The molecule has 0 fully saturated rings. The number of aromatic carboxylic acids is 1. The Morgan fingerprint density at radius 2 is 1.55 bits per heavy atom. The molecule has 2 aromatic rings. The van der Waals surface area contributed by atoms with Crippen LogP contribution in [0.1, 0.15) is 10.4 Å². The van der Waals surface area contributed by atoms with Gasteiger partial charge < -0.3 is 14.6 Å². The number of rotatable bonds is 2. The van der Waals surface area contributed by atoms with Crippen LogP contribution in [0.3, 0.4) is 0 Å². The number of phenolic OH excluding ortho intramolecular Hbond substituents is 1. The van der Waals surface area contributed by atoms with Crippen molar-refractivity contribution in [1.82, 2.24) is 0 Å². The van der Waals surface area contributed by atoms with Crippen LogP contribution in [0.2, 0.25) is 0 Å². The molecule has 0 saturated heterocycles. The van der Waals surface area contributed by atoms with Crippen LogP contribution in [0.15, 0.2) is 45.6 Å². The SMILES string of the molecule is O=C(O)c1ccccc1-c1c2cc(I)c(=O)c(I)c-2oc2c(I)c(O)c(I)cc12.[Na].[Na]. The summed E-state index contributed by atoms with van der Waals surface area (Å²) in [5.41, 5.74) is 2.24. The molecule has 2 N–H and O–H groups in total. The van der Waals surface area contributed by atoms with Gasteiger partial charge in [0.15, 0.2) is 11.3 Å². The molecule has 2 radical (unpaired) electrons. The fourth-order valence-electron chi connectivity index (χ4n) is 3.17. The summed E-state index contributed by atoms with van der Waals surface area (Å²) >= 11 is 7.96. The maximum absolute atomic E-state index is 12.5. The molecule has 0 amide bonds. The van der Waals surface area contributed by atoms with Gasteiger partial charge in [-0.15, -0.1) is 0 Å². The van der Waals surface area contributed by atoms with E-state index in [-0.39, 0.29) is 75.9 Å². The van der Waals surface area contributed by atoms with Gasteiger partial charge in [0.2, 0.25) is 5.43 Å². The van der Waals surface area contributed by atoms with Gasteiger partial charge in [0.1, 0.15) is 9.32 Å². The Morgan fingerprint density at radius 3 is 2.19 bits per heavy atom. The topological polar surface area (TPSA) is 87.7 Å². The molecule has 11 heteroatoms. The molecule has 2 aliphatic rings. The molecule has 5 nitrogen and oxygen atoms in total. The van der Waals surface area contributed by atoms with Crippen molar-refractivity contribution in [3.05, 3.63) is 66.5 Å². The third kappa shape index (κ3) is 5.15. The van der Waals surface area contributed by atoms with Crippen molar-refractivity contribution in [2.45, 2.75) is 0 Å². The number of halogens is 4. The van der Waals surface area contributed by atoms with Crippen LogP contribution in [0, 0.1) is 14.3 Å². The standard InChI is InChI=1S/C20H8I4O5.2Na/c21-11-5-9-13(7-3-1-2-4-8(7)20(27)28)10-6-12(22)17(26)15(24)19(10)29-18(9)14(23)16(11)25;;/h1-6,25H,(H,27,28);;. The van der Waals surface area contributed by atoms with Crippen LogP contribution in [-0.4, -0.2) is 75.3 Å². The maximum atomic E-state index is 12.5. The first-order valence-electron chi connectivity index (χ1n) is 8.00. The second-order valence-corrected chi connectivity index (χ2v) is 10.6. The largest absolute Gasteiger partial charge is 0.506 e. The number of aromatic hydroxyl groups is 1. The zero-order valence-electron chi connectivity index (χ0n) is 16.1. The van der Waals surface area contributed by atoms with Gasteiger partial charge in [-0.05, 0) is 114 Å². The fraction of sp³-hybridized carbons (Fsp3) is 0. The Labute approximate surface area is 275 Å². The first-order chi connectivity index (χ1) is 13.7. The van der Waals surface area contributed by atoms with Crippen molar-refractivity contribution < 1.29 is 19.4 Å². The molecular formula is C20H8I4Na2O5.